The molecule has 0 bridgehead atoms. The van der Waals surface area contributed by atoms with Crippen molar-refractivity contribution in [3.63, 3.8) is 0 Å². The molecule has 1 unspecified atom stereocenters. The molecule has 8 rings (SSSR count). The third-order valence-electron chi connectivity index (χ3n) is 11.6. The number of morpholine rings is 1. The summed E-state index contributed by atoms with van der Waals surface area (Å²) in [4.78, 5) is 91.1. The Hall–Kier alpha value is -6.78. The number of benzene rings is 1. The predicted octanol–water partition coefficient (Wildman–Crippen LogP) is 2.02. The molecule has 3 fully saturated rings. The zero-order valence-electron chi connectivity index (χ0n) is 35.1. The number of nitrogens with one attached hydrogen (secondary N) is 2. The quantitative estimate of drug-likeness (QED) is 0.101. The van der Waals surface area contributed by atoms with Crippen molar-refractivity contribution in [2.45, 2.75) is 76.8 Å². The molecule has 3 aromatic heterocycles. The van der Waals surface area contributed by atoms with Gasteiger partial charge in [0.05, 0.1) is 42.1 Å². The van der Waals surface area contributed by atoms with Gasteiger partial charge < -0.3 is 30.5 Å². The SMILES string of the molecule is Nc1ncc(-c2nc(N3CCOCC3)nc(N3CCN(C(=O)CCn4cc(CCCCCCCNc5ccc6c(c5)C(=O)N(C5CCC(=O)NC5=O)C6=O)nn4)CC3)n2)c(C(F)F)n1. The highest BCUT2D eigenvalue weighted by molar-refractivity contribution is 6.23. The molecule has 5 amide bonds. The van der Waals surface area contributed by atoms with Crippen LogP contribution < -0.4 is 26.2 Å². The van der Waals surface area contributed by atoms with Crippen LogP contribution in [0.4, 0.5) is 32.3 Å². The van der Waals surface area contributed by atoms with Crippen molar-refractivity contribution in [2.24, 2.45) is 0 Å². The number of aryl methyl sites for hydroxylation is 2. The van der Waals surface area contributed by atoms with Crippen LogP contribution in [-0.4, -0.2) is 144 Å². The van der Waals surface area contributed by atoms with Crippen LogP contribution in [0.25, 0.3) is 11.4 Å². The number of piperidine rings is 1. The molecule has 1 aromatic carbocycles. The summed E-state index contributed by atoms with van der Waals surface area (Å²) in [5.74, 6) is -1.76. The van der Waals surface area contributed by atoms with Gasteiger partial charge in [-0.3, -0.25) is 38.9 Å². The molecular weight excluding hydrogens is 837 g/mol. The summed E-state index contributed by atoms with van der Waals surface area (Å²) in [5, 5.41) is 14.1. The lowest BCUT2D eigenvalue weighted by molar-refractivity contribution is -0.136. The van der Waals surface area contributed by atoms with Gasteiger partial charge in [0.15, 0.2) is 5.82 Å². The first-order valence-corrected chi connectivity index (χ1v) is 21.5. The first-order chi connectivity index (χ1) is 31.0. The summed E-state index contributed by atoms with van der Waals surface area (Å²) in [5.41, 5.74) is 7.08. The molecule has 4 aliphatic rings. The van der Waals surface area contributed by atoms with E-state index in [0.29, 0.717) is 83.2 Å². The standard InChI is InChI=1S/C41H49F2N15O6/c42-34(43)33-29(23-46-39(44)48-33)35-49-40(51-41(50-35)56-18-20-64-21-19-56)55-16-14-54(15-17-55)32(60)11-13-57-24-26(52-53-57)6-4-2-1-3-5-12-45-25-7-8-27-28(22-25)38(63)58(37(27)62)30-9-10-31(59)47-36(30)61/h7-8,22-24,30,34,45H,1-6,9-21H2,(H2,44,46,48)(H,47,59,61). The van der Waals surface area contributed by atoms with Crippen LogP contribution in [-0.2, 0) is 32.1 Å². The van der Waals surface area contributed by atoms with Gasteiger partial charge in [-0.25, -0.2) is 18.7 Å². The first-order valence-electron chi connectivity index (χ1n) is 21.5. The number of imide groups is 2. The number of amides is 5. The number of hydrogen-bond donors (Lipinski definition) is 3. The van der Waals surface area contributed by atoms with E-state index < -0.39 is 41.8 Å². The van der Waals surface area contributed by atoms with Crippen LogP contribution in [0.3, 0.4) is 0 Å². The summed E-state index contributed by atoms with van der Waals surface area (Å²) >= 11 is 0. The Morgan fingerprint density at radius 1 is 0.875 bits per heavy atom. The summed E-state index contributed by atoms with van der Waals surface area (Å²) in [6.45, 7) is 4.75. The number of nitrogens with two attached hydrogens (primary N) is 1. The highest BCUT2D eigenvalue weighted by Crippen LogP contribution is 2.31. The summed E-state index contributed by atoms with van der Waals surface area (Å²) < 4.78 is 35.2. The Bertz CT molecular complexity index is 2390. The van der Waals surface area contributed by atoms with Crippen LogP contribution in [0.5, 0.6) is 0 Å². The number of ether oxygens (including phenoxy) is 1. The highest BCUT2D eigenvalue weighted by atomic mass is 19.3. The number of hydrogen-bond acceptors (Lipinski definition) is 17. The zero-order valence-corrected chi connectivity index (χ0v) is 35.1. The number of piperazine rings is 1. The number of carbonyl (C=O) groups is 5. The average Bonchev–Trinajstić information content (AvgIpc) is 3.86. The van der Waals surface area contributed by atoms with Crippen LogP contribution in [0.2, 0.25) is 0 Å². The molecule has 0 radical (unpaired) electrons. The van der Waals surface area contributed by atoms with Gasteiger partial charge in [0.25, 0.3) is 18.2 Å². The molecule has 4 N–H and O–H groups in total. The number of rotatable bonds is 17. The van der Waals surface area contributed by atoms with Crippen molar-refractivity contribution < 1.29 is 37.5 Å². The summed E-state index contributed by atoms with van der Waals surface area (Å²) in [6, 6.07) is 3.99. The second-order valence-corrected chi connectivity index (χ2v) is 15.9. The number of nitrogens with zero attached hydrogens (tertiary/aromatic N) is 12. The molecule has 1 atom stereocenters. The van der Waals surface area contributed by atoms with E-state index >= 15 is 0 Å². The number of aromatic nitrogens is 8. The molecule has 64 heavy (non-hydrogen) atoms. The topological polar surface area (TPSA) is 253 Å². The van der Waals surface area contributed by atoms with Gasteiger partial charge in [-0.2, -0.15) is 15.0 Å². The third-order valence-corrected chi connectivity index (χ3v) is 11.6. The molecule has 3 saturated heterocycles. The minimum Gasteiger partial charge on any atom is -0.385 e. The Balaban J connectivity index is 0.738. The number of unbranched alkanes of at least 4 members (excludes halogenated alkanes) is 4. The molecule has 338 valence electrons. The summed E-state index contributed by atoms with van der Waals surface area (Å²) in [6.07, 6.45) is 6.24. The van der Waals surface area contributed by atoms with Crippen LogP contribution in [0.1, 0.15) is 89.9 Å². The molecule has 7 heterocycles. The first kappa shape index (κ1) is 43.9. The van der Waals surface area contributed by atoms with Crippen molar-refractivity contribution >= 4 is 53.1 Å². The zero-order chi connectivity index (χ0) is 44.7. The minimum absolute atomic E-state index is 0.0100. The van der Waals surface area contributed by atoms with Crippen molar-refractivity contribution in [2.75, 3.05) is 79.9 Å². The molecular formula is C41H49F2N15O6. The fourth-order valence-corrected chi connectivity index (χ4v) is 8.13. The molecule has 21 nitrogen and oxygen atoms in total. The maximum Gasteiger partial charge on any atom is 0.281 e. The predicted molar refractivity (Wildman–Crippen MR) is 225 cm³/mol. The Labute approximate surface area is 366 Å². The molecule has 4 aliphatic heterocycles. The van der Waals surface area contributed by atoms with Crippen LogP contribution >= 0.6 is 0 Å². The normalized spacial score (nSPS) is 18.0. The van der Waals surface area contributed by atoms with E-state index in [2.05, 4.69) is 40.9 Å². The molecule has 23 heteroatoms. The average molecular weight is 886 g/mol. The van der Waals surface area contributed by atoms with E-state index in [1.807, 2.05) is 16.0 Å². The van der Waals surface area contributed by atoms with E-state index in [1.54, 1.807) is 27.8 Å². The van der Waals surface area contributed by atoms with Crippen molar-refractivity contribution in [1.29, 1.82) is 0 Å². The summed E-state index contributed by atoms with van der Waals surface area (Å²) in [7, 11) is 0. The van der Waals surface area contributed by atoms with Crippen molar-refractivity contribution in [1.82, 2.24) is 55.0 Å². The van der Waals surface area contributed by atoms with Gasteiger partial charge in [0, 0.05) is 76.7 Å². The number of alkyl halides is 2. The minimum atomic E-state index is -2.92. The number of carbonyl (C=O) groups excluding carboxylic acids is 5. The lowest BCUT2D eigenvalue weighted by Crippen LogP contribution is -2.54. The number of nitrogen functional groups attached to an aromatic ring is 1. The maximum absolute atomic E-state index is 14.0. The maximum atomic E-state index is 14.0. The van der Waals surface area contributed by atoms with E-state index in [1.165, 1.54) is 6.20 Å². The fourth-order valence-electron chi connectivity index (χ4n) is 8.13. The number of anilines is 4. The second-order valence-electron chi connectivity index (χ2n) is 15.9. The Morgan fingerprint density at radius 3 is 2.34 bits per heavy atom. The largest absolute Gasteiger partial charge is 0.385 e. The Kier molecular flexibility index (Phi) is 13.5. The third kappa shape index (κ3) is 10.0. The van der Waals surface area contributed by atoms with E-state index in [0.717, 1.165) is 49.1 Å². The molecule has 0 saturated carbocycles. The fraction of sp³-hybridized carbons (Fsp3) is 0.512. The van der Waals surface area contributed by atoms with E-state index in [-0.39, 0.29) is 53.6 Å². The van der Waals surface area contributed by atoms with Gasteiger partial charge in [0.1, 0.15) is 11.7 Å². The van der Waals surface area contributed by atoms with E-state index in [4.69, 9.17) is 15.5 Å². The van der Waals surface area contributed by atoms with Crippen LogP contribution in [0, 0.1) is 0 Å². The Morgan fingerprint density at radius 2 is 1.59 bits per heavy atom. The van der Waals surface area contributed by atoms with E-state index in [9.17, 15) is 32.8 Å². The molecule has 4 aromatic rings. The lowest BCUT2D eigenvalue weighted by atomic mass is 10.0. The van der Waals surface area contributed by atoms with Crippen molar-refractivity contribution in [3.05, 3.63) is 53.1 Å². The molecule has 0 aliphatic carbocycles. The van der Waals surface area contributed by atoms with Gasteiger partial charge in [-0.05, 0) is 43.9 Å². The monoisotopic (exact) mass is 885 g/mol. The van der Waals surface area contributed by atoms with Gasteiger partial charge in [-0.1, -0.05) is 24.5 Å². The smallest absolute Gasteiger partial charge is 0.281 e. The van der Waals surface area contributed by atoms with Gasteiger partial charge in [0.2, 0.25) is 35.6 Å². The number of fused-ring (bicyclic) bond motifs is 1. The van der Waals surface area contributed by atoms with Gasteiger partial charge >= 0.3 is 0 Å². The highest BCUT2D eigenvalue weighted by Gasteiger charge is 2.44. The van der Waals surface area contributed by atoms with Gasteiger partial charge in [-0.15, -0.1) is 5.10 Å². The van der Waals surface area contributed by atoms with Crippen LogP contribution in [0.15, 0.2) is 30.6 Å². The number of halogens is 2. The molecule has 0 spiro atoms. The van der Waals surface area contributed by atoms with Crippen molar-refractivity contribution in [3.8, 4) is 11.4 Å². The lowest BCUT2D eigenvalue weighted by Gasteiger charge is -2.35. The second kappa shape index (κ2) is 19.7.